The van der Waals surface area contributed by atoms with Crippen molar-refractivity contribution in [3.05, 3.63) is 65.5 Å². The number of rotatable bonds is 4. The number of thiocarbonyl (C=S) groups is 1. The Labute approximate surface area is 126 Å². The number of nitrogens with two attached hydrogens (primary N) is 1. The second kappa shape index (κ2) is 6.81. The first-order valence-corrected chi connectivity index (χ1v) is 6.53. The van der Waals surface area contributed by atoms with Crippen molar-refractivity contribution >= 4 is 23.2 Å². The third kappa shape index (κ3) is 4.54. The van der Waals surface area contributed by atoms with Gasteiger partial charge in [-0.15, -0.1) is 0 Å². The van der Waals surface area contributed by atoms with Crippen LogP contribution in [0.25, 0.3) is 0 Å². The lowest BCUT2D eigenvalue weighted by molar-refractivity contribution is 0.0977. The molecule has 0 fully saturated rings. The van der Waals surface area contributed by atoms with Crippen LogP contribution in [0.1, 0.15) is 15.9 Å². The zero-order valence-corrected chi connectivity index (χ0v) is 11.8. The van der Waals surface area contributed by atoms with Crippen LogP contribution in [0.15, 0.2) is 48.5 Å². The van der Waals surface area contributed by atoms with Gasteiger partial charge in [-0.1, -0.05) is 18.2 Å². The molecule has 0 aliphatic carbocycles. The highest BCUT2D eigenvalue weighted by Gasteiger charge is 2.07. The number of hydrogen-bond acceptors (Lipinski definition) is 3. The summed E-state index contributed by atoms with van der Waals surface area (Å²) >= 11 is 4.61. The van der Waals surface area contributed by atoms with Gasteiger partial charge in [0.1, 0.15) is 18.2 Å². The predicted octanol–water partition coefficient (Wildman–Crippen LogP) is 2.38. The minimum absolute atomic E-state index is 0.0855. The van der Waals surface area contributed by atoms with Crippen LogP contribution in [-0.2, 0) is 6.61 Å². The van der Waals surface area contributed by atoms with Crippen LogP contribution in [0, 0.1) is 5.82 Å². The van der Waals surface area contributed by atoms with Gasteiger partial charge in [0, 0.05) is 5.56 Å². The Morgan fingerprint density at radius 3 is 2.62 bits per heavy atom. The van der Waals surface area contributed by atoms with Crippen molar-refractivity contribution < 1.29 is 13.9 Å². The molecule has 0 saturated heterocycles. The average Bonchev–Trinajstić information content (AvgIpc) is 2.46. The van der Waals surface area contributed by atoms with Crippen molar-refractivity contribution in [1.82, 2.24) is 5.32 Å². The van der Waals surface area contributed by atoms with Gasteiger partial charge in [-0.25, -0.2) is 4.39 Å². The second-order valence-electron chi connectivity index (χ2n) is 4.26. The maximum atomic E-state index is 12.8. The highest BCUT2D eigenvalue weighted by atomic mass is 32.1. The summed E-state index contributed by atoms with van der Waals surface area (Å²) in [5.41, 5.74) is 6.47. The van der Waals surface area contributed by atoms with Gasteiger partial charge >= 0.3 is 0 Å². The summed E-state index contributed by atoms with van der Waals surface area (Å²) in [4.78, 5) is 11.7. The number of amides is 1. The molecule has 0 saturated carbocycles. The van der Waals surface area contributed by atoms with Crippen molar-refractivity contribution in [1.29, 1.82) is 0 Å². The lowest BCUT2D eigenvalue weighted by atomic mass is 10.2. The molecule has 0 aromatic heterocycles. The molecular formula is C15H13FN2O2S. The fraction of sp³-hybridized carbons (Fsp3) is 0.0667. The molecule has 6 heteroatoms. The molecule has 108 valence electrons. The molecule has 0 aliphatic rings. The van der Waals surface area contributed by atoms with E-state index in [1.807, 2.05) is 0 Å². The largest absolute Gasteiger partial charge is 0.489 e. The molecule has 0 bridgehead atoms. The van der Waals surface area contributed by atoms with Gasteiger partial charge in [-0.3, -0.25) is 10.1 Å². The normalized spacial score (nSPS) is 9.95. The summed E-state index contributed by atoms with van der Waals surface area (Å²) < 4.78 is 18.4. The van der Waals surface area contributed by atoms with E-state index in [4.69, 9.17) is 10.5 Å². The van der Waals surface area contributed by atoms with E-state index in [1.165, 1.54) is 12.1 Å². The molecule has 0 spiro atoms. The Hall–Kier alpha value is -2.47. The molecule has 4 nitrogen and oxygen atoms in total. The van der Waals surface area contributed by atoms with Gasteiger partial charge in [0.05, 0.1) is 0 Å². The topological polar surface area (TPSA) is 64.3 Å². The number of halogens is 1. The first-order chi connectivity index (χ1) is 10.0. The Morgan fingerprint density at radius 1 is 1.24 bits per heavy atom. The molecule has 1 amide bonds. The Balaban J connectivity index is 2.02. The Kier molecular flexibility index (Phi) is 4.84. The van der Waals surface area contributed by atoms with Gasteiger partial charge < -0.3 is 10.5 Å². The van der Waals surface area contributed by atoms with Crippen molar-refractivity contribution in [2.45, 2.75) is 6.61 Å². The molecule has 2 aromatic rings. The predicted molar refractivity (Wildman–Crippen MR) is 81.4 cm³/mol. The average molecular weight is 304 g/mol. The molecule has 3 N–H and O–H groups in total. The van der Waals surface area contributed by atoms with Crippen LogP contribution in [0.2, 0.25) is 0 Å². The second-order valence-corrected chi connectivity index (χ2v) is 4.70. The quantitative estimate of drug-likeness (QED) is 0.851. The third-order valence-electron chi connectivity index (χ3n) is 2.65. The Bertz CT molecular complexity index is 659. The Morgan fingerprint density at radius 2 is 1.95 bits per heavy atom. The number of ether oxygens (including phenoxy) is 1. The van der Waals surface area contributed by atoms with Crippen molar-refractivity contribution in [3.63, 3.8) is 0 Å². The summed E-state index contributed by atoms with van der Waals surface area (Å²) in [7, 11) is 0. The molecule has 2 rings (SSSR count). The lowest BCUT2D eigenvalue weighted by Gasteiger charge is -2.08. The van der Waals surface area contributed by atoms with Gasteiger partial charge in [-0.05, 0) is 48.1 Å². The zero-order chi connectivity index (χ0) is 15.2. The minimum Gasteiger partial charge on any atom is -0.489 e. The maximum absolute atomic E-state index is 12.8. The third-order valence-corrected chi connectivity index (χ3v) is 2.75. The van der Waals surface area contributed by atoms with E-state index in [1.54, 1.807) is 36.4 Å². The van der Waals surface area contributed by atoms with Crippen molar-refractivity contribution in [2.24, 2.45) is 5.73 Å². The SMILES string of the molecule is NC(=S)NC(=O)c1cccc(OCc2ccc(F)cc2)c1. The van der Waals surface area contributed by atoms with Crippen LogP contribution in [-0.4, -0.2) is 11.0 Å². The van der Waals surface area contributed by atoms with E-state index in [-0.39, 0.29) is 17.5 Å². The fourth-order valence-electron chi connectivity index (χ4n) is 1.66. The number of carbonyl (C=O) groups excluding carboxylic acids is 1. The summed E-state index contributed by atoms with van der Waals surface area (Å²) in [6, 6.07) is 12.6. The van der Waals surface area contributed by atoms with Gasteiger partial charge in [0.15, 0.2) is 5.11 Å². The highest BCUT2D eigenvalue weighted by Crippen LogP contribution is 2.15. The van der Waals surface area contributed by atoms with Gasteiger partial charge in [0.2, 0.25) is 0 Å². The molecule has 0 aliphatic heterocycles. The first kappa shape index (κ1) is 14.9. The van der Waals surface area contributed by atoms with Crippen LogP contribution in [0.5, 0.6) is 5.75 Å². The number of nitrogens with one attached hydrogen (secondary N) is 1. The number of benzene rings is 2. The minimum atomic E-state index is -0.394. The molecule has 2 aromatic carbocycles. The van der Waals surface area contributed by atoms with Gasteiger partial charge in [-0.2, -0.15) is 0 Å². The zero-order valence-electron chi connectivity index (χ0n) is 11.0. The lowest BCUT2D eigenvalue weighted by Crippen LogP contribution is -2.34. The standard InChI is InChI=1S/C15H13FN2O2S/c16-12-6-4-10(5-7-12)9-20-13-3-1-2-11(8-13)14(19)18-15(17)21/h1-8H,9H2,(H3,17,18,19,21). The summed E-state index contributed by atoms with van der Waals surface area (Å²) in [5, 5.41) is 2.25. The molecule has 0 heterocycles. The van der Waals surface area contributed by atoms with Crippen molar-refractivity contribution in [3.8, 4) is 5.75 Å². The van der Waals surface area contributed by atoms with E-state index in [2.05, 4.69) is 17.5 Å². The van der Waals surface area contributed by atoms with E-state index in [9.17, 15) is 9.18 Å². The van der Waals surface area contributed by atoms with E-state index in [0.717, 1.165) is 5.56 Å². The maximum Gasteiger partial charge on any atom is 0.257 e. The molecule has 0 atom stereocenters. The first-order valence-electron chi connectivity index (χ1n) is 6.12. The fourth-order valence-corrected chi connectivity index (χ4v) is 1.75. The molecular weight excluding hydrogens is 291 g/mol. The van der Waals surface area contributed by atoms with E-state index >= 15 is 0 Å². The van der Waals surface area contributed by atoms with E-state index in [0.29, 0.717) is 11.3 Å². The van der Waals surface area contributed by atoms with Gasteiger partial charge in [0.25, 0.3) is 5.91 Å². The monoisotopic (exact) mass is 304 g/mol. The van der Waals surface area contributed by atoms with E-state index < -0.39 is 5.91 Å². The molecule has 21 heavy (non-hydrogen) atoms. The van der Waals surface area contributed by atoms with Crippen molar-refractivity contribution in [2.75, 3.05) is 0 Å². The highest BCUT2D eigenvalue weighted by molar-refractivity contribution is 7.80. The number of hydrogen-bond donors (Lipinski definition) is 2. The molecule has 0 unspecified atom stereocenters. The van der Waals surface area contributed by atoms with Crippen LogP contribution in [0.3, 0.4) is 0 Å². The van der Waals surface area contributed by atoms with Crippen LogP contribution >= 0.6 is 12.2 Å². The molecule has 0 radical (unpaired) electrons. The van der Waals surface area contributed by atoms with Crippen LogP contribution in [0.4, 0.5) is 4.39 Å². The smallest absolute Gasteiger partial charge is 0.257 e. The summed E-state index contributed by atoms with van der Waals surface area (Å²) in [6.45, 7) is 0.278. The summed E-state index contributed by atoms with van der Waals surface area (Å²) in [5.74, 6) is -0.167. The summed E-state index contributed by atoms with van der Waals surface area (Å²) in [6.07, 6.45) is 0. The van der Waals surface area contributed by atoms with Crippen LogP contribution < -0.4 is 15.8 Å². The number of carbonyl (C=O) groups is 1.